The van der Waals surface area contributed by atoms with Gasteiger partial charge in [0.1, 0.15) is 5.82 Å². The Kier molecular flexibility index (Phi) is 8.33. The molecule has 0 unspecified atom stereocenters. The van der Waals surface area contributed by atoms with Gasteiger partial charge in [-0.25, -0.2) is 4.39 Å². The molecule has 0 N–H and O–H groups in total. The molecule has 0 amide bonds. The van der Waals surface area contributed by atoms with Crippen LogP contribution in [0.15, 0.2) is 12.1 Å². The number of Topliss-reactive ketones (excluding diaryl/α,β-unsaturated/α-hetero) is 1. The topological polar surface area (TPSA) is 17.1 Å². The van der Waals surface area contributed by atoms with Gasteiger partial charge in [-0.3, -0.25) is 4.79 Å². The first-order valence-corrected chi connectivity index (χ1v) is 12.3. The maximum atomic E-state index is 14.8. The second-order valence-corrected chi connectivity index (χ2v) is 9.88. The standard InChI is InChI=1S/C27H41FO/c1-4-6-20-7-12-22(13-8-20)23-14-9-21(10-15-23)11-16-24-17-18-25(26(29)5-2)19(3)27(24)28/h17-18,20-23H,4-16H2,1-3H3. The molecule has 162 valence electrons. The van der Waals surface area contributed by atoms with Gasteiger partial charge in [0.2, 0.25) is 0 Å². The second kappa shape index (κ2) is 10.7. The largest absolute Gasteiger partial charge is 0.294 e. The summed E-state index contributed by atoms with van der Waals surface area (Å²) in [5.74, 6) is 3.57. The molecule has 2 heteroatoms. The Labute approximate surface area is 177 Å². The summed E-state index contributed by atoms with van der Waals surface area (Å²) in [6.07, 6.45) is 16.4. The van der Waals surface area contributed by atoms with Crippen molar-refractivity contribution in [2.75, 3.05) is 0 Å². The zero-order valence-corrected chi connectivity index (χ0v) is 18.9. The van der Waals surface area contributed by atoms with Crippen molar-refractivity contribution in [1.82, 2.24) is 0 Å². The minimum atomic E-state index is -0.151. The van der Waals surface area contributed by atoms with Crippen molar-refractivity contribution in [3.8, 4) is 0 Å². The first-order chi connectivity index (χ1) is 14.0. The third-order valence-corrected chi connectivity index (χ3v) is 8.06. The maximum absolute atomic E-state index is 14.8. The van der Waals surface area contributed by atoms with Crippen molar-refractivity contribution in [3.05, 3.63) is 34.6 Å². The van der Waals surface area contributed by atoms with Gasteiger partial charge in [-0.2, -0.15) is 0 Å². The monoisotopic (exact) mass is 400 g/mol. The van der Waals surface area contributed by atoms with Crippen LogP contribution in [0.2, 0.25) is 0 Å². The molecule has 0 atom stereocenters. The summed E-state index contributed by atoms with van der Waals surface area (Å²) >= 11 is 0. The molecule has 2 aliphatic rings. The molecule has 1 aromatic carbocycles. The highest BCUT2D eigenvalue weighted by Crippen LogP contribution is 2.43. The van der Waals surface area contributed by atoms with Crippen LogP contribution in [0.3, 0.4) is 0 Å². The Hall–Kier alpha value is -1.18. The van der Waals surface area contributed by atoms with E-state index < -0.39 is 0 Å². The Morgan fingerprint density at radius 1 is 0.897 bits per heavy atom. The van der Waals surface area contributed by atoms with E-state index in [4.69, 9.17) is 0 Å². The molecule has 2 saturated carbocycles. The summed E-state index contributed by atoms with van der Waals surface area (Å²) in [5, 5.41) is 0. The van der Waals surface area contributed by atoms with Gasteiger partial charge in [0.25, 0.3) is 0 Å². The number of hydrogen-bond acceptors (Lipinski definition) is 1. The minimum absolute atomic E-state index is 0.0370. The molecule has 1 nitrogen and oxygen atoms in total. The van der Waals surface area contributed by atoms with Crippen LogP contribution in [0.1, 0.15) is 112 Å². The van der Waals surface area contributed by atoms with Crippen LogP contribution < -0.4 is 0 Å². The number of carbonyl (C=O) groups is 1. The number of rotatable bonds is 8. The Bertz CT molecular complexity index is 663. The average Bonchev–Trinajstić information content (AvgIpc) is 2.75. The number of hydrogen-bond donors (Lipinski definition) is 0. The van der Waals surface area contributed by atoms with Crippen molar-refractivity contribution in [2.45, 2.75) is 104 Å². The zero-order valence-electron chi connectivity index (χ0n) is 18.9. The van der Waals surface area contributed by atoms with E-state index in [1.165, 1.54) is 64.2 Å². The molecule has 0 aliphatic heterocycles. The Morgan fingerprint density at radius 3 is 1.97 bits per heavy atom. The molecular formula is C27H41FO. The van der Waals surface area contributed by atoms with Crippen molar-refractivity contribution < 1.29 is 9.18 Å². The van der Waals surface area contributed by atoms with Crippen LogP contribution in [-0.2, 0) is 6.42 Å². The molecule has 2 fully saturated rings. The summed E-state index contributed by atoms with van der Waals surface area (Å²) in [5.41, 5.74) is 1.89. The van der Waals surface area contributed by atoms with Gasteiger partial charge in [-0.1, -0.05) is 64.5 Å². The molecule has 0 radical (unpaired) electrons. The normalized spacial score (nSPS) is 27.7. The van der Waals surface area contributed by atoms with Gasteiger partial charge in [-0.05, 0) is 80.2 Å². The van der Waals surface area contributed by atoms with E-state index in [0.717, 1.165) is 42.1 Å². The van der Waals surface area contributed by atoms with Gasteiger partial charge >= 0.3 is 0 Å². The fourth-order valence-electron chi connectivity index (χ4n) is 6.09. The van der Waals surface area contributed by atoms with E-state index in [1.807, 2.05) is 19.1 Å². The first-order valence-electron chi connectivity index (χ1n) is 12.3. The smallest absolute Gasteiger partial charge is 0.162 e. The van der Waals surface area contributed by atoms with Crippen molar-refractivity contribution in [1.29, 1.82) is 0 Å². The number of ketones is 1. The SMILES string of the molecule is CCCC1CCC(C2CCC(CCc3ccc(C(=O)CC)c(C)c3F)CC2)CC1. The summed E-state index contributed by atoms with van der Waals surface area (Å²) in [6, 6.07) is 3.69. The quantitative estimate of drug-likeness (QED) is 0.403. The van der Waals surface area contributed by atoms with E-state index in [2.05, 4.69) is 6.92 Å². The molecule has 1 aromatic rings. The molecular weight excluding hydrogens is 359 g/mol. The third-order valence-electron chi connectivity index (χ3n) is 8.06. The van der Waals surface area contributed by atoms with Crippen LogP contribution in [0, 0.1) is 36.4 Å². The number of carbonyl (C=O) groups excluding carboxylic acids is 1. The number of benzene rings is 1. The van der Waals surface area contributed by atoms with Crippen molar-refractivity contribution in [2.24, 2.45) is 23.7 Å². The molecule has 3 rings (SSSR count). The average molecular weight is 401 g/mol. The second-order valence-electron chi connectivity index (χ2n) is 9.88. The fourth-order valence-corrected chi connectivity index (χ4v) is 6.09. The van der Waals surface area contributed by atoms with Crippen molar-refractivity contribution >= 4 is 5.78 Å². The van der Waals surface area contributed by atoms with E-state index >= 15 is 0 Å². The molecule has 29 heavy (non-hydrogen) atoms. The first kappa shape index (κ1) is 22.5. The zero-order chi connectivity index (χ0) is 20.8. The lowest BCUT2D eigenvalue weighted by Gasteiger charge is -2.38. The lowest BCUT2D eigenvalue weighted by molar-refractivity contribution is 0.0987. The predicted octanol–water partition coefficient (Wildman–Crippen LogP) is 8.07. The summed E-state index contributed by atoms with van der Waals surface area (Å²) in [6.45, 7) is 5.91. The van der Waals surface area contributed by atoms with E-state index in [9.17, 15) is 9.18 Å². The van der Waals surface area contributed by atoms with Gasteiger partial charge in [0.05, 0.1) is 0 Å². The highest BCUT2D eigenvalue weighted by molar-refractivity contribution is 5.97. The number of halogens is 1. The van der Waals surface area contributed by atoms with Crippen LogP contribution in [-0.4, -0.2) is 5.78 Å². The van der Waals surface area contributed by atoms with Gasteiger partial charge in [-0.15, -0.1) is 0 Å². The van der Waals surface area contributed by atoms with E-state index in [-0.39, 0.29) is 11.6 Å². The van der Waals surface area contributed by atoms with E-state index in [1.54, 1.807) is 6.92 Å². The van der Waals surface area contributed by atoms with E-state index in [0.29, 0.717) is 17.5 Å². The molecule has 0 saturated heterocycles. The van der Waals surface area contributed by atoms with Crippen LogP contribution in [0.25, 0.3) is 0 Å². The highest BCUT2D eigenvalue weighted by atomic mass is 19.1. The summed E-state index contributed by atoms with van der Waals surface area (Å²) in [7, 11) is 0. The predicted molar refractivity (Wildman–Crippen MR) is 120 cm³/mol. The van der Waals surface area contributed by atoms with Crippen LogP contribution >= 0.6 is 0 Å². The Balaban J connectivity index is 1.45. The molecule has 0 spiro atoms. The molecule has 0 aromatic heterocycles. The molecule has 0 bridgehead atoms. The lowest BCUT2D eigenvalue weighted by Crippen LogP contribution is -2.26. The molecule has 0 heterocycles. The van der Waals surface area contributed by atoms with Crippen LogP contribution in [0.4, 0.5) is 4.39 Å². The van der Waals surface area contributed by atoms with Gasteiger partial charge in [0, 0.05) is 12.0 Å². The van der Waals surface area contributed by atoms with Crippen LogP contribution in [0.5, 0.6) is 0 Å². The minimum Gasteiger partial charge on any atom is -0.294 e. The number of aryl methyl sites for hydroxylation is 1. The lowest BCUT2D eigenvalue weighted by atomic mass is 9.68. The van der Waals surface area contributed by atoms with Gasteiger partial charge in [0.15, 0.2) is 5.78 Å². The summed E-state index contributed by atoms with van der Waals surface area (Å²) < 4.78 is 14.8. The maximum Gasteiger partial charge on any atom is 0.162 e. The summed E-state index contributed by atoms with van der Waals surface area (Å²) in [4.78, 5) is 11.9. The van der Waals surface area contributed by atoms with Gasteiger partial charge < -0.3 is 0 Å². The Morgan fingerprint density at radius 2 is 1.45 bits per heavy atom. The third kappa shape index (κ3) is 5.70. The highest BCUT2D eigenvalue weighted by Gasteiger charge is 2.30. The fraction of sp³-hybridized carbons (Fsp3) is 0.741. The molecule has 2 aliphatic carbocycles. The van der Waals surface area contributed by atoms with Crippen molar-refractivity contribution in [3.63, 3.8) is 0 Å².